The number of phenols is 2. The third-order valence-electron chi connectivity index (χ3n) is 27.5. The number of phenolic OH excluding ortho intramolecular Hbond substituents is 2. The number of carbonyl (C=O) groups is 5. The Morgan fingerprint density at radius 2 is 0.715 bits per heavy atom. The average Bonchev–Trinajstić information content (AvgIpc) is 0.706. The summed E-state index contributed by atoms with van der Waals surface area (Å²) in [7, 11) is 1.23. The number of ketones is 3. The molecule has 137 heavy (non-hydrogen) atoms. The van der Waals surface area contributed by atoms with Gasteiger partial charge in [0.05, 0.1) is 100 Å². The predicted molar refractivity (Wildman–Crippen MR) is 426 cm³/mol. The number of Topliss-reactive ketones (excluding diaryl/α,β-unsaturated/α-hetero) is 1. The fraction of sp³-hybridized carbons (Fsp3) is 0.795. The van der Waals surface area contributed by atoms with E-state index in [0.29, 0.717) is 0 Å². The van der Waals surface area contributed by atoms with Gasteiger partial charge in [-0.2, -0.15) is 0 Å². The molecule has 0 spiro atoms. The lowest BCUT2D eigenvalue weighted by atomic mass is 9.72. The Labute approximate surface area is 774 Å². The molecule has 16 bridgehead atoms. The largest absolute Gasteiger partial charge is 0.507 e. The topological polar surface area (TPSA) is 851 Å². The Balaban J connectivity index is 0.684. The number of fused-ring (bicyclic) bond motifs is 3. The van der Waals surface area contributed by atoms with E-state index in [4.69, 9.17) is 105 Å². The number of hydrogen-bond acceptors (Lipinski definition) is 54. The van der Waals surface area contributed by atoms with Crippen molar-refractivity contribution >= 4 is 29.3 Å². The molecule has 32 fully saturated rings. The molecule has 772 valence electrons. The Morgan fingerprint density at radius 1 is 0.401 bits per heavy atom. The molecule has 31 aliphatic heterocycles. The summed E-state index contributed by atoms with van der Waals surface area (Å²) in [5.74, 6) is -10.7. The Kier molecular flexibility index (Phi) is 33.5. The van der Waals surface area contributed by atoms with E-state index in [1.807, 2.05) is 0 Å². The number of esters is 2. The van der Waals surface area contributed by atoms with Crippen LogP contribution in [0.4, 0.5) is 0 Å². The smallest absolute Gasteiger partial charge is 0.310 e. The maximum Gasteiger partial charge on any atom is 0.310 e. The first-order chi connectivity index (χ1) is 65.2. The Hall–Kier alpha value is -5.97. The number of benzene rings is 2. The van der Waals surface area contributed by atoms with Crippen molar-refractivity contribution in [3.8, 4) is 17.2 Å². The minimum Gasteiger partial charge on any atom is -0.507 e. The van der Waals surface area contributed by atoms with Crippen LogP contribution < -0.4 is 10.5 Å². The van der Waals surface area contributed by atoms with E-state index >= 15 is 0 Å². The van der Waals surface area contributed by atoms with Crippen LogP contribution in [0.5, 0.6) is 17.2 Å². The molecular weight excluding hydrogens is 1860 g/mol. The summed E-state index contributed by atoms with van der Waals surface area (Å²) in [6, 6.07) is 3.04. The summed E-state index contributed by atoms with van der Waals surface area (Å²) in [5, 5.41) is 311. The van der Waals surface area contributed by atoms with Crippen LogP contribution in [0, 0.1) is 11.8 Å². The van der Waals surface area contributed by atoms with Crippen molar-refractivity contribution in [3.05, 3.63) is 51.6 Å². The first-order valence-electron chi connectivity index (χ1n) is 44.5. The van der Waals surface area contributed by atoms with Gasteiger partial charge in [0.1, 0.15) is 225 Å². The third kappa shape index (κ3) is 20.2. The lowest BCUT2D eigenvalue weighted by Crippen LogP contribution is -2.69. The highest BCUT2D eigenvalue weighted by atomic mass is 16.8. The van der Waals surface area contributed by atoms with Crippen LogP contribution in [-0.2, 0) is 116 Å². The lowest BCUT2D eigenvalue weighted by molar-refractivity contribution is -0.404. The standard InChI is InChI=1S/C83H117NO53/c1-22-44(93)27(84)10-39(120-22)121-29-12-83(116,11-26-41(29)48(97)43-42(46(26)95)45(94)25-8-5-9-28(117-2)40(25)47(43)96)38(92)21-119-74(115)24-7-4-3-6-23(24)73(114)118-20-37-72-56(105)64(113)82(129-37)136-71-36(19-91)127-80(62(111)54(71)103)134-69-34(17-89)125-78(60(109)52(69)101)132-67-32(15-87)123-76(58(107)50(67)99)130-65-30(13-85)122-75(57(106)49(65)98)131-66-31(14-86)124-77(59(108)51(66)100)133-68-33(16-88)126-79(61(110)53(68)102)135-70-35(18-90)128-81(137-72)63(112)55(70)104/h5,8-9,22-24,27,29-37,39,44,49-72,75-82,85-91,93,95,97-113,116H,3-4,6-7,10-21,84H2,1-2H3/t22-,23?,24?,27-,29?,30+,31+,32+,33+,34+,35+,36+,37+,39-,44+,49+,50+,51+,52+,53+,54+,55+,56+,57+,58+,59+,60+,61+,62+,63+,64+,65+,66+,67+,68+,69+,70+,71+,72+,75+,76+,77+,78+,79+,80+,81+,82+,83-/m0/s1. The van der Waals surface area contributed by atoms with Gasteiger partial charge in [0.2, 0.25) is 11.6 Å². The van der Waals surface area contributed by atoms with Crippen molar-refractivity contribution in [2.75, 3.05) is 66.6 Å². The van der Waals surface area contributed by atoms with Crippen LogP contribution in [0.15, 0.2) is 18.2 Å². The van der Waals surface area contributed by atoms with Gasteiger partial charge in [-0.1, -0.05) is 25.0 Å². The maximum absolute atomic E-state index is 14.8. The second-order valence-electron chi connectivity index (χ2n) is 36.0. The lowest BCUT2D eigenvalue weighted by Gasteiger charge is -2.50. The fourth-order valence-electron chi connectivity index (χ4n) is 19.8. The van der Waals surface area contributed by atoms with Crippen molar-refractivity contribution in [1.29, 1.82) is 0 Å². The molecule has 31 heterocycles. The molecule has 29 N–H and O–H groups in total. The van der Waals surface area contributed by atoms with Crippen molar-refractivity contribution in [3.63, 3.8) is 0 Å². The molecule has 0 aromatic heterocycles. The van der Waals surface area contributed by atoms with E-state index in [9.17, 15) is 162 Å². The summed E-state index contributed by atoms with van der Waals surface area (Å²) in [5.41, 5.74) is 0.746. The molecule has 2 aromatic carbocycles. The zero-order chi connectivity index (χ0) is 99.0. The van der Waals surface area contributed by atoms with E-state index in [1.165, 1.54) is 32.2 Å². The minimum absolute atomic E-state index is 0.0656. The molecule has 0 radical (unpaired) electrons. The molecule has 0 amide bonds. The summed E-state index contributed by atoms with van der Waals surface area (Å²) >= 11 is 0. The number of aromatic hydroxyl groups is 2. The van der Waals surface area contributed by atoms with Gasteiger partial charge in [0.15, 0.2) is 69.0 Å². The second kappa shape index (κ2) is 43.5. The van der Waals surface area contributed by atoms with Gasteiger partial charge < -0.3 is 243 Å². The predicted octanol–water partition coefficient (Wildman–Crippen LogP) is -15.5. The molecule has 34 aliphatic rings. The number of aliphatic hydroxyl groups is 25. The summed E-state index contributed by atoms with van der Waals surface area (Å²) in [6.45, 7) is -9.26. The number of ether oxygens (including phenoxy) is 21. The number of aliphatic hydroxyl groups excluding tert-OH is 24. The molecule has 1 saturated carbocycles. The highest BCUT2D eigenvalue weighted by Crippen LogP contribution is 2.54. The van der Waals surface area contributed by atoms with Crippen LogP contribution in [0.2, 0.25) is 0 Å². The van der Waals surface area contributed by atoms with E-state index in [2.05, 4.69) is 0 Å². The first-order valence-corrected chi connectivity index (χ1v) is 44.5. The summed E-state index contributed by atoms with van der Waals surface area (Å²) < 4.78 is 122. The third-order valence-corrected chi connectivity index (χ3v) is 27.5. The molecule has 48 atom stereocenters. The Bertz CT molecular complexity index is 4460. The SMILES string of the molecule is COc1cccc2c1C(=O)c1c(O)c3c(c(O)c1C2=O)C[C@@](O)(C(=O)COC(=O)C1CCCCC1C(=O)OC[C@H]1O[C@@H]2O[C@H]4[C@H](O)[C@@H](O)[C@@H](O[C@H]5[C@H](O)[C@@H](O)[C@@H](O[C@H]6[C@H](O)[C@@H](O)[C@@H](O[C@H]7[C@H](O)[C@@H](O)[C@@H](O[C@H]8[C@H](O)[C@@H](O)[C@@H](O[C@H]9[C@H](O)[C@@H](O)[C@@H](O[C@H]%10[C@H](O)[C@@H](O)[C@@H](O[C@H]1[C@H](O)[C@H]2O)O[C@@H]%10CO)O[C@@H]9CO)O[C@@H]8CO)O[C@@H]7CO)O[C@@H]6CO)O[C@@H]5CO)O[C@@H]4CO)CC3O[C@H]1C[C@H](N)[C@H](O)[C@H](C)O1. The van der Waals surface area contributed by atoms with Gasteiger partial charge in [-0.3, -0.25) is 24.0 Å². The molecular formula is C83H117NO53. The van der Waals surface area contributed by atoms with E-state index < -0.39 is 424 Å². The van der Waals surface area contributed by atoms with Crippen molar-refractivity contribution < 1.29 is 261 Å². The van der Waals surface area contributed by atoms with Crippen LogP contribution in [0.3, 0.4) is 0 Å². The van der Waals surface area contributed by atoms with Gasteiger partial charge in [0, 0.05) is 42.0 Å². The number of nitrogens with two attached hydrogens (primary N) is 1. The molecule has 36 rings (SSSR count). The molecule has 3 unspecified atom stereocenters. The Morgan fingerprint density at radius 3 is 1.04 bits per heavy atom. The van der Waals surface area contributed by atoms with Gasteiger partial charge >= 0.3 is 11.9 Å². The second-order valence-corrected chi connectivity index (χ2v) is 36.0. The molecule has 54 heteroatoms. The van der Waals surface area contributed by atoms with E-state index in [1.54, 1.807) is 0 Å². The van der Waals surface area contributed by atoms with Crippen LogP contribution >= 0.6 is 0 Å². The monoisotopic (exact) mass is 1980 g/mol. The number of hydrogen-bond donors (Lipinski definition) is 28. The number of carbonyl (C=O) groups excluding carboxylic acids is 5. The minimum atomic E-state index is -2.76. The van der Waals surface area contributed by atoms with Crippen LogP contribution in [0.25, 0.3) is 0 Å². The highest BCUT2D eigenvalue weighted by Gasteiger charge is 2.63. The summed E-state index contributed by atoms with van der Waals surface area (Å²) in [6.07, 6.45) is -95.1. The molecule has 3 aliphatic carbocycles. The molecule has 31 saturated heterocycles. The molecule has 54 nitrogen and oxygen atoms in total. The summed E-state index contributed by atoms with van der Waals surface area (Å²) in [4.78, 5) is 72.8. The van der Waals surface area contributed by atoms with Crippen molar-refractivity contribution in [2.24, 2.45) is 17.6 Å². The van der Waals surface area contributed by atoms with Gasteiger partial charge in [-0.05, 0) is 25.8 Å². The fourth-order valence-corrected chi connectivity index (χ4v) is 19.8. The first kappa shape index (κ1) is 105. The van der Waals surface area contributed by atoms with E-state index in [-0.39, 0.29) is 54.5 Å². The van der Waals surface area contributed by atoms with Crippen molar-refractivity contribution in [1.82, 2.24) is 0 Å². The van der Waals surface area contributed by atoms with Gasteiger partial charge in [0.25, 0.3) is 0 Å². The maximum atomic E-state index is 14.8. The number of rotatable bonds is 17. The highest BCUT2D eigenvalue weighted by molar-refractivity contribution is 6.31. The van der Waals surface area contributed by atoms with Crippen molar-refractivity contribution in [2.45, 2.75) is 334 Å². The zero-order valence-corrected chi connectivity index (χ0v) is 72.9. The quantitative estimate of drug-likeness (QED) is 0.0441. The van der Waals surface area contributed by atoms with Crippen LogP contribution in [-0.4, -0.2) is 510 Å². The number of methoxy groups -OCH3 is 1. The zero-order valence-electron chi connectivity index (χ0n) is 72.9. The van der Waals surface area contributed by atoms with Gasteiger partial charge in [-0.15, -0.1) is 0 Å². The average molecular weight is 1980 g/mol. The van der Waals surface area contributed by atoms with Gasteiger partial charge in [-0.25, -0.2) is 0 Å². The van der Waals surface area contributed by atoms with E-state index in [0.717, 1.165) is 0 Å². The molecule has 2 aromatic rings. The van der Waals surface area contributed by atoms with Crippen LogP contribution in [0.1, 0.15) is 94.5 Å². The normalized spacial score (nSPS) is 46.7.